The lowest BCUT2D eigenvalue weighted by Crippen LogP contribution is -2.70. The molecule has 0 aliphatic rings. The van der Waals surface area contributed by atoms with Gasteiger partial charge in [0.05, 0.1) is 31.3 Å². The summed E-state index contributed by atoms with van der Waals surface area (Å²) in [6, 6.07) is 0. The van der Waals surface area contributed by atoms with E-state index in [9.17, 15) is 24.3 Å². The van der Waals surface area contributed by atoms with E-state index in [4.69, 9.17) is 26.2 Å². The Morgan fingerprint density at radius 2 is 1.19 bits per heavy atom. The highest BCUT2D eigenvalue weighted by Gasteiger charge is 2.52. The predicted octanol–water partition coefficient (Wildman–Crippen LogP) is -2.53. The molecule has 0 radical (unpaired) electrons. The minimum absolute atomic E-state index is 0.917. The van der Waals surface area contributed by atoms with Crippen LogP contribution in [0.25, 0.3) is 0 Å². The topological polar surface area (TPSA) is 207 Å². The zero-order valence-corrected chi connectivity index (χ0v) is 10.8. The molecular weight excluding hydrogens is 292 g/mol. The summed E-state index contributed by atoms with van der Waals surface area (Å²) in [5.74, 6) is -6.27. The number of carboxylic acid groups (broad SMARTS) is 4. The number of carboxylic acids is 4. The molecule has 0 aliphatic heterocycles. The summed E-state index contributed by atoms with van der Waals surface area (Å²) in [5.41, 5.74) is 0.198. The molecule has 0 rings (SSSR count). The van der Waals surface area contributed by atoms with Gasteiger partial charge in [0, 0.05) is 0 Å². The fraction of sp³-hybridized carbons (Fsp3) is 0.600. The molecular formula is C10H16N2O9. The molecule has 0 spiro atoms. The van der Waals surface area contributed by atoms with Crippen molar-refractivity contribution in [3.05, 3.63) is 0 Å². The van der Waals surface area contributed by atoms with Crippen LogP contribution in [0.3, 0.4) is 0 Å². The summed E-state index contributed by atoms with van der Waals surface area (Å²) in [4.78, 5) is 43.0. The highest BCUT2D eigenvalue weighted by Crippen LogP contribution is 2.29. The first-order valence-corrected chi connectivity index (χ1v) is 5.55. The summed E-state index contributed by atoms with van der Waals surface area (Å²) in [6.07, 6.45) is -3.36. The predicted molar refractivity (Wildman–Crippen MR) is 64.3 cm³/mol. The molecule has 0 amide bonds. The van der Waals surface area contributed by atoms with Crippen molar-refractivity contribution in [2.75, 3.05) is 6.54 Å². The highest BCUT2D eigenvalue weighted by molar-refractivity contribution is 5.76. The molecule has 0 aliphatic carbocycles. The van der Waals surface area contributed by atoms with E-state index in [1.165, 1.54) is 0 Å². The van der Waals surface area contributed by atoms with Gasteiger partial charge in [-0.1, -0.05) is 0 Å². The quantitative estimate of drug-likeness (QED) is 0.209. The zero-order chi connectivity index (χ0) is 16.8. The van der Waals surface area contributed by atoms with E-state index in [1.807, 2.05) is 5.32 Å². The molecule has 11 heteroatoms. The van der Waals surface area contributed by atoms with Crippen LogP contribution in [0.15, 0.2) is 0 Å². The second-order valence-corrected chi connectivity index (χ2v) is 4.47. The number of aliphatic carboxylic acids is 4. The van der Waals surface area contributed by atoms with Crippen LogP contribution in [-0.4, -0.2) is 67.2 Å². The number of hydrogen-bond acceptors (Lipinski definition) is 7. The van der Waals surface area contributed by atoms with Crippen molar-refractivity contribution in [3.8, 4) is 0 Å². The van der Waals surface area contributed by atoms with E-state index in [2.05, 4.69) is 0 Å². The number of nitrogens with two attached hydrogens (primary N) is 1. The first kappa shape index (κ1) is 18.8. The van der Waals surface area contributed by atoms with Gasteiger partial charge < -0.3 is 31.3 Å². The molecule has 0 heterocycles. The highest BCUT2D eigenvalue weighted by atomic mass is 16.4. The first-order valence-electron chi connectivity index (χ1n) is 5.55. The Hall–Kier alpha value is -2.24. The van der Waals surface area contributed by atoms with E-state index >= 15 is 0 Å². The minimum atomic E-state index is -2.80. The third kappa shape index (κ3) is 5.72. The van der Waals surface area contributed by atoms with Gasteiger partial charge in [0.25, 0.3) is 0 Å². The molecule has 21 heavy (non-hydrogen) atoms. The SMILES string of the molecule is NC(O)(CC(=O)O)C(CC(=O)O)(CC(=O)O)NCC(=O)O. The van der Waals surface area contributed by atoms with Crippen LogP contribution in [0, 0.1) is 0 Å². The largest absolute Gasteiger partial charge is 0.481 e. The average molecular weight is 308 g/mol. The van der Waals surface area contributed by atoms with Gasteiger partial charge in [-0.3, -0.25) is 24.5 Å². The van der Waals surface area contributed by atoms with Gasteiger partial charge in [-0.2, -0.15) is 0 Å². The van der Waals surface area contributed by atoms with E-state index < -0.39 is 60.9 Å². The second-order valence-electron chi connectivity index (χ2n) is 4.47. The average Bonchev–Trinajstić information content (AvgIpc) is 2.21. The summed E-state index contributed by atoms with van der Waals surface area (Å²) < 4.78 is 0. The van der Waals surface area contributed by atoms with Crippen molar-refractivity contribution in [1.29, 1.82) is 0 Å². The lowest BCUT2D eigenvalue weighted by atomic mass is 9.78. The standard InChI is InChI=1S/C10H16N2O9/c11-10(21,3-7(17)18)9(1-5(13)14,2-6(15)16)12-4-8(19)20/h12,21H,1-4,11H2,(H,13,14)(H,15,16)(H,17,18)(H,19,20). The van der Waals surface area contributed by atoms with Crippen LogP contribution in [0.1, 0.15) is 19.3 Å². The Balaban J connectivity index is 5.71. The van der Waals surface area contributed by atoms with Gasteiger partial charge in [-0.15, -0.1) is 0 Å². The summed E-state index contributed by atoms with van der Waals surface area (Å²) in [5, 5.41) is 47.0. The van der Waals surface area contributed by atoms with Crippen LogP contribution >= 0.6 is 0 Å². The van der Waals surface area contributed by atoms with Crippen LogP contribution in [0.4, 0.5) is 0 Å². The zero-order valence-electron chi connectivity index (χ0n) is 10.8. The molecule has 11 nitrogen and oxygen atoms in total. The number of carbonyl (C=O) groups is 4. The maximum Gasteiger partial charge on any atom is 0.317 e. The second kappa shape index (κ2) is 6.97. The van der Waals surface area contributed by atoms with Gasteiger partial charge in [0.2, 0.25) is 0 Å². The van der Waals surface area contributed by atoms with E-state index in [0.717, 1.165) is 0 Å². The van der Waals surface area contributed by atoms with Crippen LogP contribution < -0.4 is 11.1 Å². The Bertz CT molecular complexity index is 430. The van der Waals surface area contributed by atoms with Gasteiger partial charge >= 0.3 is 23.9 Å². The molecule has 0 saturated heterocycles. The molecule has 0 fully saturated rings. The normalized spacial score (nSPS) is 14.2. The fourth-order valence-electron chi connectivity index (χ4n) is 1.81. The van der Waals surface area contributed by atoms with E-state index in [-0.39, 0.29) is 0 Å². The van der Waals surface area contributed by atoms with Gasteiger partial charge in [-0.05, 0) is 0 Å². The minimum Gasteiger partial charge on any atom is -0.481 e. The molecule has 0 saturated carbocycles. The van der Waals surface area contributed by atoms with Crippen molar-refractivity contribution in [1.82, 2.24) is 5.32 Å². The molecule has 120 valence electrons. The lowest BCUT2D eigenvalue weighted by molar-refractivity contribution is -0.160. The number of nitrogens with one attached hydrogen (secondary N) is 1. The van der Waals surface area contributed by atoms with Crippen LogP contribution in [-0.2, 0) is 19.2 Å². The Morgan fingerprint density at radius 3 is 1.48 bits per heavy atom. The molecule has 0 aromatic carbocycles. The molecule has 1 unspecified atom stereocenters. The van der Waals surface area contributed by atoms with Crippen molar-refractivity contribution < 1.29 is 44.7 Å². The molecule has 1 atom stereocenters. The van der Waals surface area contributed by atoms with E-state index in [1.54, 1.807) is 0 Å². The summed E-state index contributed by atoms with van der Waals surface area (Å²) >= 11 is 0. The number of hydrogen-bond donors (Lipinski definition) is 7. The van der Waals surface area contributed by atoms with Gasteiger partial charge in [0.1, 0.15) is 5.72 Å². The summed E-state index contributed by atoms with van der Waals surface area (Å²) in [6.45, 7) is -0.917. The maximum atomic E-state index is 10.9. The third-order valence-electron chi connectivity index (χ3n) is 2.73. The fourth-order valence-corrected chi connectivity index (χ4v) is 1.81. The van der Waals surface area contributed by atoms with Crippen molar-refractivity contribution in [3.63, 3.8) is 0 Å². The number of rotatable bonds is 10. The van der Waals surface area contributed by atoms with Crippen molar-refractivity contribution in [2.24, 2.45) is 5.73 Å². The first-order chi connectivity index (χ1) is 9.42. The molecule has 0 bridgehead atoms. The Kier molecular flexibility index (Phi) is 6.22. The van der Waals surface area contributed by atoms with Crippen LogP contribution in [0.5, 0.6) is 0 Å². The van der Waals surface area contributed by atoms with Crippen molar-refractivity contribution >= 4 is 23.9 Å². The maximum absolute atomic E-state index is 10.9. The number of aliphatic hydroxyl groups is 1. The Morgan fingerprint density at radius 1 is 0.810 bits per heavy atom. The van der Waals surface area contributed by atoms with Crippen molar-refractivity contribution in [2.45, 2.75) is 30.5 Å². The van der Waals surface area contributed by atoms with E-state index in [0.29, 0.717) is 0 Å². The molecule has 0 aromatic heterocycles. The summed E-state index contributed by atoms with van der Waals surface area (Å²) in [7, 11) is 0. The molecule has 8 N–H and O–H groups in total. The smallest absolute Gasteiger partial charge is 0.317 e. The van der Waals surface area contributed by atoms with Gasteiger partial charge in [-0.25, -0.2) is 0 Å². The molecule has 0 aromatic rings. The Labute approximate surface area is 118 Å². The lowest BCUT2D eigenvalue weighted by Gasteiger charge is -2.43. The van der Waals surface area contributed by atoms with Gasteiger partial charge in [0.15, 0.2) is 0 Å². The van der Waals surface area contributed by atoms with Crippen LogP contribution in [0.2, 0.25) is 0 Å². The third-order valence-corrected chi connectivity index (χ3v) is 2.73. The monoisotopic (exact) mass is 308 g/mol.